The molecule has 0 spiro atoms. The van der Waals surface area contributed by atoms with Crippen LogP contribution in [0.5, 0.6) is 0 Å². The van der Waals surface area contributed by atoms with Gasteiger partial charge in [0.1, 0.15) is 10.8 Å². The molecule has 1 heterocycles. The summed E-state index contributed by atoms with van der Waals surface area (Å²) in [5.74, 6) is -0.216. The number of benzene rings is 2. The van der Waals surface area contributed by atoms with Gasteiger partial charge in [0.2, 0.25) is 0 Å². The van der Waals surface area contributed by atoms with Gasteiger partial charge in [-0.15, -0.1) is 11.3 Å². The molecule has 0 unspecified atom stereocenters. The number of aromatic nitrogens is 1. The van der Waals surface area contributed by atoms with E-state index in [4.69, 9.17) is 0 Å². The van der Waals surface area contributed by atoms with Crippen molar-refractivity contribution in [3.8, 4) is 0 Å². The second kappa shape index (κ2) is 4.70. The molecule has 0 saturated carbocycles. The van der Waals surface area contributed by atoms with E-state index in [1.54, 1.807) is 23.5 Å². The van der Waals surface area contributed by atoms with Crippen LogP contribution in [-0.2, 0) is 0 Å². The van der Waals surface area contributed by atoms with Gasteiger partial charge in [0.25, 0.3) is 0 Å². The fraction of sp³-hybridized carbons (Fsp3) is 0. The maximum Gasteiger partial charge on any atom is 0.123 e. The Kier molecular flexibility index (Phi) is 2.90. The van der Waals surface area contributed by atoms with Gasteiger partial charge in [0, 0.05) is 0 Å². The Morgan fingerprint density at radius 2 is 1.72 bits per heavy atom. The van der Waals surface area contributed by atoms with Crippen LogP contribution in [0.2, 0.25) is 0 Å². The predicted molar refractivity (Wildman–Crippen MR) is 74.9 cm³/mol. The van der Waals surface area contributed by atoms with E-state index < -0.39 is 0 Å². The highest BCUT2D eigenvalue weighted by Crippen LogP contribution is 2.23. The van der Waals surface area contributed by atoms with Crippen LogP contribution >= 0.6 is 11.3 Å². The number of rotatable bonds is 2. The number of thiazole rings is 1. The summed E-state index contributed by atoms with van der Waals surface area (Å²) in [7, 11) is 0. The molecule has 0 radical (unpaired) electrons. The molecule has 0 aliphatic heterocycles. The van der Waals surface area contributed by atoms with Gasteiger partial charge in [-0.1, -0.05) is 30.3 Å². The molecular weight excluding hydrogens is 245 g/mol. The molecule has 2 aromatic carbocycles. The molecule has 0 amide bonds. The first-order valence-corrected chi connectivity index (χ1v) is 6.42. The SMILES string of the molecule is Fc1ccc(/C=C/c2nc3ccccc3s2)cc1. The molecule has 0 atom stereocenters. The van der Waals surface area contributed by atoms with Gasteiger partial charge in [0.15, 0.2) is 0 Å². The number of nitrogens with zero attached hydrogens (tertiary/aromatic N) is 1. The van der Waals surface area contributed by atoms with Crippen LogP contribution in [0.15, 0.2) is 48.5 Å². The minimum atomic E-state index is -0.216. The molecule has 88 valence electrons. The topological polar surface area (TPSA) is 12.9 Å². The molecular formula is C15H10FNS. The molecule has 0 bridgehead atoms. The summed E-state index contributed by atoms with van der Waals surface area (Å²) in [6.07, 6.45) is 3.90. The molecule has 3 rings (SSSR count). The summed E-state index contributed by atoms with van der Waals surface area (Å²) < 4.78 is 13.9. The van der Waals surface area contributed by atoms with E-state index in [2.05, 4.69) is 11.1 Å². The third kappa shape index (κ3) is 2.31. The molecule has 0 aliphatic carbocycles. The lowest BCUT2D eigenvalue weighted by atomic mass is 10.2. The Balaban J connectivity index is 1.89. The number of para-hydroxylation sites is 1. The maximum atomic E-state index is 12.8. The highest BCUT2D eigenvalue weighted by Gasteiger charge is 1.99. The Morgan fingerprint density at radius 3 is 2.50 bits per heavy atom. The summed E-state index contributed by atoms with van der Waals surface area (Å²) in [5.41, 5.74) is 1.98. The highest BCUT2D eigenvalue weighted by atomic mass is 32.1. The van der Waals surface area contributed by atoms with Gasteiger partial charge < -0.3 is 0 Å². The summed E-state index contributed by atoms with van der Waals surface area (Å²) in [6, 6.07) is 14.5. The van der Waals surface area contributed by atoms with E-state index in [1.165, 1.54) is 16.8 Å². The average Bonchev–Trinajstić information content (AvgIpc) is 2.81. The van der Waals surface area contributed by atoms with Crippen LogP contribution in [0.1, 0.15) is 10.6 Å². The zero-order valence-corrected chi connectivity index (χ0v) is 10.3. The molecule has 0 aliphatic rings. The normalized spacial score (nSPS) is 11.4. The fourth-order valence-corrected chi connectivity index (χ4v) is 2.57. The third-order valence-corrected chi connectivity index (χ3v) is 3.60. The zero-order valence-electron chi connectivity index (χ0n) is 9.51. The summed E-state index contributed by atoms with van der Waals surface area (Å²) in [6.45, 7) is 0. The first-order chi connectivity index (χ1) is 8.81. The Labute approximate surface area is 108 Å². The van der Waals surface area contributed by atoms with Crippen molar-refractivity contribution in [1.82, 2.24) is 4.98 Å². The minimum absolute atomic E-state index is 0.216. The van der Waals surface area contributed by atoms with Gasteiger partial charge in [-0.05, 0) is 35.9 Å². The second-order valence-corrected chi connectivity index (χ2v) is 4.97. The molecule has 0 N–H and O–H groups in total. The lowest BCUT2D eigenvalue weighted by Gasteiger charge is -1.91. The quantitative estimate of drug-likeness (QED) is 0.652. The van der Waals surface area contributed by atoms with Gasteiger partial charge in [-0.2, -0.15) is 0 Å². The standard InChI is InChI=1S/C15H10FNS/c16-12-8-5-11(6-9-12)7-10-15-17-13-3-1-2-4-14(13)18-15/h1-10H/b10-7+. The number of hydrogen-bond donors (Lipinski definition) is 0. The van der Waals surface area contributed by atoms with Gasteiger partial charge in [-0.3, -0.25) is 0 Å². The summed E-state index contributed by atoms with van der Waals surface area (Å²) in [4.78, 5) is 4.50. The van der Waals surface area contributed by atoms with E-state index in [-0.39, 0.29) is 5.82 Å². The molecule has 0 saturated heterocycles. The second-order valence-electron chi connectivity index (χ2n) is 3.90. The van der Waals surface area contributed by atoms with Crippen LogP contribution in [0.25, 0.3) is 22.4 Å². The van der Waals surface area contributed by atoms with Crippen molar-refractivity contribution in [3.05, 3.63) is 64.9 Å². The molecule has 0 fully saturated rings. The molecule has 3 heteroatoms. The van der Waals surface area contributed by atoms with E-state index in [1.807, 2.05) is 30.4 Å². The van der Waals surface area contributed by atoms with E-state index in [0.29, 0.717) is 0 Å². The smallest absolute Gasteiger partial charge is 0.123 e. The first-order valence-electron chi connectivity index (χ1n) is 5.60. The van der Waals surface area contributed by atoms with Crippen molar-refractivity contribution in [3.63, 3.8) is 0 Å². The van der Waals surface area contributed by atoms with Gasteiger partial charge >= 0.3 is 0 Å². The van der Waals surface area contributed by atoms with Crippen LogP contribution in [-0.4, -0.2) is 4.98 Å². The van der Waals surface area contributed by atoms with Crippen molar-refractivity contribution in [1.29, 1.82) is 0 Å². The summed E-state index contributed by atoms with van der Waals surface area (Å²) >= 11 is 1.65. The average molecular weight is 255 g/mol. The predicted octanol–water partition coefficient (Wildman–Crippen LogP) is 4.61. The Bertz CT molecular complexity index is 665. The van der Waals surface area contributed by atoms with Gasteiger partial charge in [0.05, 0.1) is 10.2 Å². The largest absolute Gasteiger partial charge is 0.237 e. The van der Waals surface area contributed by atoms with Crippen LogP contribution < -0.4 is 0 Å². The maximum absolute atomic E-state index is 12.8. The Morgan fingerprint density at radius 1 is 0.944 bits per heavy atom. The van der Waals surface area contributed by atoms with Crippen LogP contribution in [0.3, 0.4) is 0 Å². The van der Waals surface area contributed by atoms with Crippen molar-refractivity contribution in [2.75, 3.05) is 0 Å². The zero-order chi connectivity index (χ0) is 12.4. The first kappa shape index (κ1) is 11.1. The molecule has 3 aromatic rings. The highest BCUT2D eigenvalue weighted by molar-refractivity contribution is 7.19. The Hall–Kier alpha value is -2.00. The molecule has 18 heavy (non-hydrogen) atoms. The third-order valence-electron chi connectivity index (χ3n) is 2.60. The van der Waals surface area contributed by atoms with E-state index >= 15 is 0 Å². The van der Waals surface area contributed by atoms with E-state index in [9.17, 15) is 4.39 Å². The monoisotopic (exact) mass is 255 g/mol. The van der Waals surface area contributed by atoms with Crippen molar-refractivity contribution in [2.45, 2.75) is 0 Å². The molecule has 1 aromatic heterocycles. The number of halogens is 1. The molecule has 1 nitrogen and oxygen atoms in total. The summed E-state index contributed by atoms with van der Waals surface area (Å²) in [5, 5.41) is 0.959. The lowest BCUT2D eigenvalue weighted by molar-refractivity contribution is 0.628. The van der Waals surface area contributed by atoms with Crippen molar-refractivity contribution >= 4 is 33.7 Å². The van der Waals surface area contributed by atoms with Crippen LogP contribution in [0, 0.1) is 5.82 Å². The minimum Gasteiger partial charge on any atom is -0.237 e. The number of fused-ring (bicyclic) bond motifs is 1. The van der Waals surface area contributed by atoms with Crippen molar-refractivity contribution < 1.29 is 4.39 Å². The fourth-order valence-electron chi connectivity index (χ4n) is 1.70. The van der Waals surface area contributed by atoms with E-state index in [0.717, 1.165) is 16.1 Å². The van der Waals surface area contributed by atoms with Crippen LogP contribution in [0.4, 0.5) is 4.39 Å². The van der Waals surface area contributed by atoms with Crippen molar-refractivity contribution in [2.24, 2.45) is 0 Å². The lowest BCUT2D eigenvalue weighted by Crippen LogP contribution is -1.74. The van der Waals surface area contributed by atoms with Gasteiger partial charge in [-0.25, -0.2) is 9.37 Å². The number of hydrogen-bond acceptors (Lipinski definition) is 2.